The third-order valence-electron chi connectivity index (χ3n) is 3.94. The van der Waals surface area contributed by atoms with Gasteiger partial charge in [0.2, 0.25) is 0 Å². The zero-order valence-electron chi connectivity index (χ0n) is 15.3. The molecule has 2 rings (SSSR count). The fourth-order valence-corrected chi connectivity index (χ4v) is 2.48. The summed E-state index contributed by atoms with van der Waals surface area (Å²) < 4.78 is 10.1. The molecule has 0 bridgehead atoms. The Balaban J connectivity index is 1.86. The van der Waals surface area contributed by atoms with E-state index in [1.807, 2.05) is 12.1 Å². The smallest absolute Gasteiger partial charge is 0.338 e. The molecule has 1 N–H and O–H groups in total. The molecule has 26 heavy (non-hydrogen) atoms. The van der Waals surface area contributed by atoms with E-state index >= 15 is 0 Å². The lowest BCUT2D eigenvalue weighted by atomic mass is 10.2. The number of esters is 1. The summed E-state index contributed by atoms with van der Waals surface area (Å²) in [5.74, 6) is -0.230. The van der Waals surface area contributed by atoms with Crippen molar-refractivity contribution in [2.45, 2.75) is 13.8 Å². The van der Waals surface area contributed by atoms with Gasteiger partial charge in [-0.2, -0.15) is 0 Å². The Bertz CT molecular complexity index is 722. The monoisotopic (exact) mass is 356 g/mol. The highest BCUT2D eigenvalue weighted by Crippen LogP contribution is 2.16. The van der Waals surface area contributed by atoms with Crippen LogP contribution in [0.5, 0.6) is 5.75 Å². The van der Waals surface area contributed by atoms with Gasteiger partial charge in [-0.15, -0.1) is 0 Å². The highest BCUT2D eigenvalue weighted by Gasteiger charge is 2.11. The minimum absolute atomic E-state index is 0.345. The van der Waals surface area contributed by atoms with Crippen molar-refractivity contribution in [3.8, 4) is 5.75 Å². The Hall–Kier alpha value is -3.02. The quantitative estimate of drug-likeness (QED) is 0.735. The predicted molar refractivity (Wildman–Crippen MR) is 102 cm³/mol. The summed E-state index contributed by atoms with van der Waals surface area (Å²) in [5.41, 5.74) is 2.07. The molecular formula is C20H24N2O4. The molecule has 0 fully saturated rings. The summed E-state index contributed by atoms with van der Waals surface area (Å²) >= 11 is 0. The summed E-state index contributed by atoms with van der Waals surface area (Å²) in [6.45, 7) is 5.60. The average molecular weight is 356 g/mol. The Morgan fingerprint density at radius 1 is 0.962 bits per heavy atom. The first-order chi connectivity index (χ1) is 12.6. The Labute approximate surface area is 153 Å². The van der Waals surface area contributed by atoms with Gasteiger partial charge in [0.1, 0.15) is 5.75 Å². The molecule has 1 amide bonds. The number of nitrogens with one attached hydrogen (secondary N) is 1. The average Bonchev–Trinajstić information content (AvgIpc) is 2.68. The lowest BCUT2D eigenvalue weighted by Crippen LogP contribution is -2.22. The molecule has 0 radical (unpaired) electrons. The van der Waals surface area contributed by atoms with E-state index in [-0.39, 0.29) is 6.61 Å². The number of hydrogen-bond donors (Lipinski definition) is 1. The van der Waals surface area contributed by atoms with E-state index in [1.54, 1.807) is 43.5 Å². The van der Waals surface area contributed by atoms with E-state index in [0.29, 0.717) is 17.0 Å². The zero-order valence-corrected chi connectivity index (χ0v) is 15.3. The van der Waals surface area contributed by atoms with E-state index in [4.69, 9.17) is 9.47 Å². The van der Waals surface area contributed by atoms with E-state index < -0.39 is 11.9 Å². The molecule has 2 aromatic carbocycles. The van der Waals surface area contributed by atoms with Crippen LogP contribution in [0.2, 0.25) is 0 Å². The second-order valence-corrected chi connectivity index (χ2v) is 5.57. The van der Waals surface area contributed by atoms with Gasteiger partial charge in [0.15, 0.2) is 6.61 Å². The molecule has 0 aliphatic carbocycles. The van der Waals surface area contributed by atoms with E-state index in [0.717, 1.165) is 18.8 Å². The molecule has 0 spiro atoms. The van der Waals surface area contributed by atoms with Crippen molar-refractivity contribution in [1.82, 2.24) is 0 Å². The second-order valence-electron chi connectivity index (χ2n) is 5.57. The van der Waals surface area contributed by atoms with Gasteiger partial charge >= 0.3 is 5.97 Å². The second kappa shape index (κ2) is 9.46. The number of anilines is 2. The SMILES string of the molecule is CCN(CC)c1ccc(C(=O)OCC(=O)Nc2ccc(OC)cc2)cc1. The van der Waals surface area contributed by atoms with Crippen LogP contribution in [-0.4, -0.2) is 38.7 Å². The summed E-state index contributed by atoms with van der Waals surface area (Å²) in [6, 6.07) is 14.1. The normalized spacial score (nSPS) is 10.1. The first kappa shape index (κ1) is 19.3. The minimum Gasteiger partial charge on any atom is -0.497 e. The molecule has 6 nitrogen and oxygen atoms in total. The molecule has 0 unspecified atom stereocenters. The van der Waals surface area contributed by atoms with Gasteiger partial charge in [-0.25, -0.2) is 4.79 Å². The van der Waals surface area contributed by atoms with Crippen LogP contribution < -0.4 is 15.0 Å². The molecule has 0 aliphatic rings. The van der Waals surface area contributed by atoms with E-state index in [9.17, 15) is 9.59 Å². The molecule has 0 saturated heterocycles. The van der Waals surface area contributed by atoms with Gasteiger partial charge in [0.05, 0.1) is 12.7 Å². The summed E-state index contributed by atoms with van der Waals surface area (Å²) in [5, 5.41) is 2.66. The molecule has 138 valence electrons. The van der Waals surface area contributed by atoms with E-state index in [2.05, 4.69) is 24.1 Å². The Kier molecular flexibility index (Phi) is 7.02. The van der Waals surface area contributed by atoms with Crippen LogP contribution in [-0.2, 0) is 9.53 Å². The number of methoxy groups -OCH3 is 1. The number of carbonyl (C=O) groups excluding carboxylic acids is 2. The van der Waals surface area contributed by atoms with Crippen LogP contribution in [0.3, 0.4) is 0 Å². The van der Waals surface area contributed by atoms with Crippen LogP contribution in [0.4, 0.5) is 11.4 Å². The number of ether oxygens (including phenoxy) is 2. The van der Waals surface area contributed by atoms with Crippen molar-refractivity contribution in [2.75, 3.05) is 37.0 Å². The van der Waals surface area contributed by atoms with Crippen molar-refractivity contribution in [1.29, 1.82) is 0 Å². The molecule has 0 aliphatic heterocycles. The number of amides is 1. The maximum Gasteiger partial charge on any atom is 0.338 e. The van der Waals surface area contributed by atoms with Gasteiger partial charge < -0.3 is 19.7 Å². The third kappa shape index (κ3) is 5.24. The standard InChI is InChI=1S/C20H24N2O4/c1-4-22(5-2)17-10-6-15(7-11-17)20(24)26-14-19(23)21-16-8-12-18(25-3)13-9-16/h6-13H,4-5,14H2,1-3H3,(H,21,23). The first-order valence-electron chi connectivity index (χ1n) is 8.53. The van der Waals surface area contributed by atoms with Gasteiger partial charge in [0, 0.05) is 24.5 Å². The fourth-order valence-electron chi connectivity index (χ4n) is 2.48. The summed E-state index contributed by atoms with van der Waals surface area (Å²) in [7, 11) is 1.57. The maximum absolute atomic E-state index is 12.1. The summed E-state index contributed by atoms with van der Waals surface area (Å²) in [4.78, 5) is 26.1. The first-order valence-corrected chi connectivity index (χ1v) is 8.53. The van der Waals surface area contributed by atoms with Gasteiger partial charge in [-0.1, -0.05) is 0 Å². The van der Waals surface area contributed by atoms with Crippen molar-refractivity contribution < 1.29 is 19.1 Å². The maximum atomic E-state index is 12.1. The van der Waals surface area contributed by atoms with Crippen LogP contribution >= 0.6 is 0 Å². The molecule has 0 atom stereocenters. The molecule has 0 aromatic heterocycles. The number of nitrogens with zero attached hydrogens (tertiary/aromatic N) is 1. The van der Waals surface area contributed by atoms with E-state index in [1.165, 1.54) is 0 Å². The molecule has 2 aromatic rings. The number of carbonyl (C=O) groups is 2. The molecule has 6 heteroatoms. The van der Waals surface area contributed by atoms with Crippen molar-refractivity contribution in [3.05, 3.63) is 54.1 Å². The number of benzene rings is 2. The largest absolute Gasteiger partial charge is 0.497 e. The fraction of sp³-hybridized carbons (Fsp3) is 0.300. The van der Waals surface area contributed by atoms with Crippen molar-refractivity contribution in [2.24, 2.45) is 0 Å². The molecular weight excluding hydrogens is 332 g/mol. The lowest BCUT2D eigenvalue weighted by Gasteiger charge is -2.20. The predicted octanol–water partition coefficient (Wildman–Crippen LogP) is 3.34. The number of rotatable bonds is 8. The Morgan fingerprint density at radius 2 is 1.58 bits per heavy atom. The van der Waals surface area contributed by atoms with Gasteiger partial charge in [0.25, 0.3) is 5.91 Å². The minimum atomic E-state index is -0.527. The van der Waals surface area contributed by atoms with Gasteiger partial charge in [-0.3, -0.25) is 4.79 Å². The van der Waals surface area contributed by atoms with Gasteiger partial charge in [-0.05, 0) is 62.4 Å². The van der Waals surface area contributed by atoms with Crippen LogP contribution in [0.15, 0.2) is 48.5 Å². The third-order valence-corrected chi connectivity index (χ3v) is 3.94. The molecule has 0 saturated carbocycles. The summed E-state index contributed by atoms with van der Waals surface area (Å²) in [6.07, 6.45) is 0. The van der Waals surface area contributed by atoms with Crippen LogP contribution in [0, 0.1) is 0 Å². The topological polar surface area (TPSA) is 67.9 Å². The zero-order chi connectivity index (χ0) is 18.9. The lowest BCUT2D eigenvalue weighted by molar-refractivity contribution is -0.119. The number of hydrogen-bond acceptors (Lipinski definition) is 5. The van der Waals surface area contributed by atoms with Crippen molar-refractivity contribution in [3.63, 3.8) is 0 Å². The van der Waals surface area contributed by atoms with Crippen molar-refractivity contribution >= 4 is 23.3 Å². The van der Waals surface area contributed by atoms with Crippen LogP contribution in [0.25, 0.3) is 0 Å². The Morgan fingerprint density at radius 3 is 2.12 bits per heavy atom. The highest BCUT2D eigenvalue weighted by atomic mass is 16.5. The molecule has 0 heterocycles. The van der Waals surface area contributed by atoms with Crippen LogP contribution in [0.1, 0.15) is 24.2 Å². The highest BCUT2D eigenvalue weighted by molar-refractivity contribution is 5.95.